The number of ether oxygens (including phenoxy) is 2. The molecule has 0 fully saturated rings. The Morgan fingerprint density at radius 3 is 1.74 bits per heavy atom. The highest BCUT2D eigenvalue weighted by molar-refractivity contribution is 7.99. The van der Waals surface area contributed by atoms with E-state index in [1.54, 1.807) is 22.7 Å². The quantitative estimate of drug-likeness (QED) is 0.368. The summed E-state index contributed by atoms with van der Waals surface area (Å²) in [6.45, 7) is 9.75. The van der Waals surface area contributed by atoms with Gasteiger partial charge in [-0.25, -0.2) is 0 Å². The van der Waals surface area contributed by atoms with Crippen LogP contribution in [0, 0.1) is 0 Å². The molecular formula is C20H32N2O2S3. The molecule has 0 aliphatic carbocycles. The maximum Gasteiger partial charge on any atom is 0.134 e. The molecule has 0 spiro atoms. The Morgan fingerprint density at radius 1 is 0.815 bits per heavy atom. The van der Waals surface area contributed by atoms with E-state index in [9.17, 15) is 0 Å². The Bertz CT molecular complexity index is 564. The molecule has 0 aromatic carbocycles. The van der Waals surface area contributed by atoms with Gasteiger partial charge >= 0.3 is 0 Å². The number of thioether (sulfide) groups is 1. The van der Waals surface area contributed by atoms with E-state index < -0.39 is 0 Å². The van der Waals surface area contributed by atoms with Crippen LogP contribution in [0.3, 0.4) is 0 Å². The van der Waals surface area contributed by atoms with Gasteiger partial charge in [0.2, 0.25) is 0 Å². The third kappa shape index (κ3) is 8.87. The van der Waals surface area contributed by atoms with Crippen molar-refractivity contribution in [3.05, 3.63) is 32.6 Å². The van der Waals surface area contributed by atoms with Gasteiger partial charge < -0.3 is 20.1 Å². The van der Waals surface area contributed by atoms with Crippen molar-refractivity contribution in [1.82, 2.24) is 10.6 Å². The molecule has 2 heterocycles. The summed E-state index contributed by atoms with van der Waals surface area (Å²) in [6.07, 6.45) is 2.31. The molecule has 0 bridgehead atoms. The predicted octanol–water partition coefficient (Wildman–Crippen LogP) is 5.00. The summed E-state index contributed by atoms with van der Waals surface area (Å²) >= 11 is 5.40. The number of nitrogens with one attached hydrogen (secondary N) is 2. The molecule has 4 nitrogen and oxygen atoms in total. The van der Waals surface area contributed by atoms with Crippen LogP contribution in [0.2, 0.25) is 0 Å². The van der Waals surface area contributed by atoms with Crippen LogP contribution in [0.15, 0.2) is 22.9 Å². The van der Waals surface area contributed by atoms with Crippen LogP contribution in [0.1, 0.15) is 36.4 Å². The van der Waals surface area contributed by atoms with E-state index in [1.807, 2.05) is 11.8 Å². The molecule has 2 aromatic heterocycles. The fourth-order valence-corrected chi connectivity index (χ4v) is 4.63. The van der Waals surface area contributed by atoms with E-state index in [1.165, 1.54) is 9.75 Å². The predicted molar refractivity (Wildman–Crippen MR) is 121 cm³/mol. The Morgan fingerprint density at radius 2 is 1.30 bits per heavy atom. The number of rotatable bonds is 16. The fraction of sp³-hybridized carbons (Fsp3) is 0.600. The second-order valence-corrected chi connectivity index (χ2v) is 9.30. The first-order chi connectivity index (χ1) is 13.3. The van der Waals surface area contributed by atoms with Crippen LogP contribution < -0.4 is 20.1 Å². The van der Waals surface area contributed by atoms with Gasteiger partial charge in [-0.15, -0.1) is 22.7 Å². The molecule has 2 N–H and O–H groups in total. The van der Waals surface area contributed by atoms with Gasteiger partial charge in [0.15, 0.2) is 0 Å². The smallest absolute Gasteiger partial charge is 0.134 e. The lowest BCUT2D eigenvalue weighted by Crippen LogP contribution is -2.14. The highest BCUT2D eigenvalue weighted by atomic mass is 32.2. The molecule has 0 aliphatic rings. The Balaban J connectivity index is 1.54. The zero-order valence-corrected chi connectivity index (χ0v) is 18.9. The standard InChI is InChI=1S/C20H32N2O2S3/c1-3-7-21-15-19-17(5-11-26-19)23-9-13-25-14-10-24-18-6-12-27-20(18)16-22-8-4-2/h5-6,11-12,21-22H,3-4,7-10,13-16H2,1-2H3. The molecule has 0 saturated carbocycles. The highest BCUT2D eigenvalue weighted by Gasteiger charge is 2.06. The molecule has 0 radical (unpaired) electrons. The van der Waals surface area contributed by atoms with Crippen molar-refractivity contribution in [3.63, 3.8) is 0 Å². The monoisotopic (exact) mass is 428 g/mol. The molecule has 0 unspecified atom stereocenters. The normalized spacial score (nSPS) is 11.0. The van der Waals surface area contributed by atoms with Crippen molar-refractivity contribution in [2.45, 2.75) is 39.8 Å². The molecule has 0 aliphatic heterocycles. The van der Waals surface area contributed by atoms with E-state index in [0.717, 1.165) is 75.2 Å². The second-order valence-electron chi connectivity index (χ2n) is 6.08. The number of hydrogen-bond donors (Lipinski definition) is 2. The first kappa shape index (κ1) is 22.6. The minimum atomic E-state index is 0.743. The van der Waals surface area contributed by atoms with Crippen LogP contribution in [0.5, 0.6) is 11.5 Å². The molecular weight excluding hydrogens is 396 g/mol. The minimum absolute atomic E-state index is 0.743. The Kier molecular flexibility index (Phi) is 11.9. The summed E-state index contributed by atoms with van der Waals surface area (Å²) in [5.41, 5.74) is 0. The third-order valence-electron chi connectivity index (χ3n) is 3.80. The molecule has 2 aromatic rings. The van der Waals surface area contributed by atoms with Crippen LogP contribution in [0.4, 0.5) is 0 Å². The average Bonchev–Trinajstić information content (AvgIpc) is 3.31. The van der Waals surface area contributed by atoms with Crippen molar-refractivity contribution >= 4 is 34.4 Å². The van der Waals surface area contributed by atoms with Gasteiger partial charge in [-0.3, -0.25) is 0 Å². The first-order valence-corrected chi connectivity index (χ1v) is 12.6. The maximum atomic E-state index is 5.94. The summed E-state index contributed by atoms with van der Waals surface area (Å²) in [5, 5.41) is 11.1. The number of thiophene rings is 2. The molecule has 0 saturated heterocycles. The van der Waals surface area contributed by atoms with Crippen molar-refractivity contribution in [1.29, 1.82) is 0 Å². The molecule has 2 rings (SSSR count). The van der Waals surface area contributed by atoms with Gasteiger partial charge in [0.25, 0.3) is 0 Å². The zero-order chi connectivity index (χ0) is 19.2. The summed E-state index contributed by atoms with van der Waals surface area (Å²) in [6, 6.07) is 4.15. The Hall–Kier alpha value is -0.730. The second kappa shape index (κ2) is 14.3. The largest absolute Gasteiger partial charge is 0.492 e. The molecule has 0 amide bonds. The zero-order valence-electron chi connectivity index (χ0n) is 16.4. The summed E-state index contributed by atoms with van der Waals surface area (Å²) in [4.78, 5) is 2.58. The van der Waals surface area contributed by atoms with E-state index in [4.69, 9.17) is 9.47 Å². The van der Waals surface area contributed by atoms with Crippen molar-refractivity contribution in [2.75, 3.05) is 37.8 Å². The van der Waals surface area contributed by atoms with Gasteiger partial charge in [0.1, 0.15) is 11.5 Å². The maximum absolute atomic E-state index is 5.94. The van der Waals surface area contributed by atoms with Crippen molar-refractivity contribution in [2.24, 2.45) is 0 Å². The van der Waals surface area contributed by atoms with Gasteiger partial charge in [-0.2, -0.15) is 11.8 Å². The first-order valence-electron chi connectivity index (χ1n) is 9.72. The van der Waals surface area contributed by atoms with Crippen molar-refractivity contribution < 1.29 is 9.47 Å². The van der Waals surface area contributed by atoms with E-state index >= 15 is 0 Å². The third-order valence-corrected chi connectivity index (χ3v) is 6.52. The molecule has 27 heavy (non-hydrogen) atoms. The van der Waals surface area contributed by atoms with Crippen LogP contribution in [-0.4, -0.2) is 37.8 Å². The molecule has 7 heteroatoms. The molecule has 0 atom stereocenters. The highest BCUT2D eigenvalue weighted by Crippen LogP contribution is 2.26. The van der Waals surface area contributed by atoms with Crippen LogP contribution >= 0.6 is 34.4 Å². The lowest BCUT2D eigenvalue weighted by Gasteiger charge is -2.09. The Labute approximate surface area is 176 Å². The summed E-state index contributed by atoms with van der Waals surface area (Å²) in [5.74, 6) is 4.02. The summed E-state index contributed by atoms with van der Waals surface area (Å²) in [7, 11) is 0. The fourth-order valence-electron chi connectivity index (χ4n) is 2.45. The van der Waals surface area contributed by atoms with E-state index in [0.29, 0.717) is 0 Å². The average molecular weight is 429 g/mol. The lowest BCUT2D eigenvalue weighted by molar-refractivity contribution is 0.337. The van der Waals surface area contributed by atoms with Crippen molar-refractivity contribution in [3.8, 4) is 11.5 Å². The SMILES string of the molecule is CCCNCc1sccc1OCCSCCOc1ccsc1CNCCC. The van der Waals surface area contributed by atoms with E-state index in [-0.39, 0.29) is 0 Å². The van der Waals surface area contributed by atoms with Gasteiger partial charge in [-0.1, -0.05) is 13.8 Å². The van der Waals surface area contributed by atoms with Crippen LogP contribution in [0.25, 0.3) is 0 Å². The van der Waals surface area contributed by atoms with Gasteiger partial charge in [0, 0.05) is 24.6 Å². The van der Waals surface area contributed by atoms with Gasteiger partial charge in [0.05, 0.1) is 23.0 Å². The molecule has 152 valence electrons. The number of hydrogen-bond acceptors (Lipinski definition) is 7. The minimum Gasteiger partial charge on any atom is -0.492 e. The van der Waals surface area contributed by atoms with Crippen LogP contribution in [-0.2, 0) is 13.1 Å². The topological polar surface area (TPSA) is 42.5 Å². The van der Waals surface area contributed by atoms with E-state index in [2.05, 4.69) is 47.4 Å². The van der Waals surface area contributed by atoms with Gasteiger partial charge in [-0.05, 0) is 48.8 Å². The lowest BCUT2D eigenvalue weighted by atomic mass is 10.4. The summed E-state index contributed by atoms with van der Waals surface area (Å²) < 4.78 is 11.9.